The van der Waals surface area contributed by atoms with Crippen LogP contribution < -0.4 is 0 Å². The second kappa shape index (κ2) is 5.77. The molecule has 17 heavy (non-hydrogen) atoms. The Morgan fingerprint density at radius 1 is 1.59 bits per heavy atom. The van der Waals surface area contributed by atoms with Crippen molar-refractivity contribution in [2.45, 2.75) is 31.3 Å². The van der Waals surface area contributed by atoms with Crippen molar-refractivity contribution >= 4 is 0 Å². The fourth-order valence-corrected chi connectivity index (χ4v) is 2.16. The van der Waals surface area contributed by atoms with Gasteiger partial charge in [0.2, 0.25) is 0 Å². The second-order valence-corrected chi connectivity index (χ2v) is 3.99. The molecule has 1 atom stereocenters. The number of rotatable bonds is 3. The van der Waals surface area contributed by atoms with Gasteiger partial charge in [0.1, 0.15) is 5.57 Å². The summed E-state index contributed by atoms with van der Waals surface area (Å²) in [7, 11) is 0. The maximum atomic E-state index is 7.29. The van der Waals surface area contributed by atoms with E-state index in [2.05, 4.69) is 27.9 Å². The Morgan fingerprint density at radius 2 is 2.29 bits per heavy atom. The second-order valence-electron chi connectivity index (χ2n) is 3.99. The summed E-state index contributed by atoms with van der Waals surface area (Å²) in [5.41, 5.74) is 2.38. The predicted molar refractivity (Wildman–Crippen MR) is 68.5 cm³/mol. The Balaban J connectivity index is 3.23. The summed E-state index contributed by atoms with van der Waals surface area (Å²) in [5.74, 6) is 2.53. The smallest absolute Gasteiger partial charge is 0.225 e. The highest BCUT2D eigenvalue weighted by Crippen LogP contribution is 2.38. The third-order valence-electron chi connectivity index (χ3n) is 2.98. The molecule has 0 saturated carbocycles. The standard InChI is InChI=1S/C15H14N2/c1-5-9-13-10-7-8-11-14(13)15(16-3,17-4)12-6-2/h2,9,11,13H,1,7-8,10,12H2. The van der Waals surface area contributed by atoms with E-state index in [0.29, 0.717) is 0 Å². The van der Waals surface area contributed by atoms with Gasteiger partial charge in [-0.1, -0.05) is 18.6 Å². The molecule has 84 valence electrons. The van der Waals surface area contributed by atoms with Crippen LogP contribution in [0.15, 0.2) is 30.0 Å². The van der Waals surface area contributed by atoms with Crippen molar-refractivity contribution < 1.29 is 0 Å². The van der Waals surface area contributed by atoms with E-state index in [1.807, 2.05) is 12.2 Å². The van der Waals surface area contributed by atoms with E-state index in [0.717, 1.165) is 24.8 Å². The van der Waals surface area contributed by atoms with Gasteiger partial charge in [-0.15, -0.1) is 12.2 Å². The minimum absolute atomic E-state index is 0.0813. The van der Waals surface area contributed by atoms with Gasteiger partial charge in [0.25, 0.3) is 0 Å². The molecule has 1 aliphatic rings. The molecule has 0 saturated heterocycles. The number of nitrogens with zero attached hydrogens (tertiary/aromatic N) is 2. The zero-order chi connectivity index (χ0) is 12.7. The van der Waals surface area contributed by atoms with E-state index in [-0.39, 0.29) is 12.3 Å². The zero-order valence-corrected chi connectivity index (χ0v) is 9.74. The molecule has 0 aliphatic heterocycles. The monoisotopic (exact) mass is 222 g/mol. The van der Waals surface area contributed by atoms with Gasteiger partial charge < -0.3 is 0 Å². The van der Waals surface area contributed by atoms with Crippen LogP contribution in [0, 0.1) is 31.4 Å². The molecule has 0 aromatic carbocycles. The molecule has 1 rings (SSSR count). The average molecular weight is 222 g/mol. The van der Waals surface area contributed by atoms with Crippen LogP contribution in [0.3, 0.4) is 0 Å². The van der Waals surface area contributed by atoms with Crippen molar-refractivity contribution in [2.75, 3.05) is 0 Å². The molecule has 0 aromatic heterocycles. The van der Waals surface area contributed by atoms with Gasteiger partial charge in [-0.05, 0) is 25.3 Å². The first-order chi connectivity index (χ1) is 8.24. The van der Waals surface area contributed by atoms with Crippen LogP contribution >= 0.6 is 0 Å². The van der Waals surface area contributed by atoms with Crippen molar-refractivity contribution in [3.8, 4) is 12.3 Å². The van der Waals surface area contributed by atoms with E-state index < -0.39 is 5.66 Å². The summed E-state index contributed by atoms with van der Waals surface area (Å²) in [4.78, 5) is 7.00. The molecule has 0 radical (unpaired) electrons. The van der Waals surface area contributed by atoms with Crippen molar-refractivity contribution in [1.29, 1.82) is 0 Å². The summed E-state index contributed by atoms with van der Waals surface area (Å²) in [5, 5.41) is 0. The van der Waals surface area contributed by atoms with Crippen LogP contribution in [0.5, 0.6) is 0 Å². The number of hydrogen-bond donors (Lipinski definition) is 0. The molecule has 0 aromatic rings. The van der Waals surface area contributed by atoms with Crippen LogP contribution in [0.4, 0.5) is 0 Å². The van der Waals surface area contributed by atoms with Crippen molar-refractivity contribution in [3.63, 3.8) is 0 Å². The normalized spacial score (nSPS) is 18.9. The van der Waals surface area contributed by atoms with Crippen LogP contribution in [-0.4, -0.2) is 5.66 Å². The molecule has 0 heterocycles. The highest BCUT2D eigenvalue weighted by atomic mass is 15.0. The molecule has 0 fully saturated rings. The summed E-state index contributed by atoms with van der Waals surface area (Å²) < 4.78 is 0. The molecule has 1 unspecified atom stereocenters. The van der Waals surface area contributed by atoms with Gasteiger partial charge in [0.05, 0.1) is 0 Å². The Kier molecular flexibility index (Phi) is 4.37. The molecular formula is C15H14N2. The lowest BCUT2D eigenvalue weighted by atomic mass is 9.79. The summed E-state index contributed by atoms with van der Waals surface area (Å²) >= 11 is 0. The minimum atomic E-state index is -1.22. The maximum absolute atomic E-state index is 7.29. The van der Waals surface area contributed by atoms with E-state index in [1.165, 1.54) is 0 Å². The van der Waals surface area contributed by atoms with E-state index in [4.69, 9.17) is 19.6 Å². The lowest BCUT2D eigenvalue weighted by Crippen LogP contribution is -2.28. The first-order valence-corrected chi connectivity index (χ1v) is 5.51. The van der Waals surface area contributed by atoms with Crippen LogP contribution in [-0.2, 0) is 0 Å². The highest BCUT2D eigenvalue weighted by Gasteiger charge is 2.50. The molecule has 0 N–H and O–H groups in total. The first-order valence-electron chi connectivity index (χ1n) is 5.51. The molecule has 1 aliphatic carbocycles. The van der Waals surface area contributed by atoms with Gasteiger partial charge in [-0.2, -0.15) is 0 Å². The van der Waals surface area contributed by atoms with Crippen molar-refractivity contribution in [2.24, 2.45) is 5.92 Å². The molecule has 0 bridgehead atoms. The maximum Gasteiger partial charge on any atom is 0.517 e. The number of allylic oxidation sites excluding steroid dienone is 2. The molecule has 2 nitrogen and oxygen atoms in total. The fraction of sp³-hybridized carbons (Fsp3) is 0.400. The zero-order valence-electron chi connectivity index (χ0n) is 9.74. The Bertz CT molecular complexity index is 470. The molecular weight excluding hydrogens is 208 g/mol. The Hall–Kier alpha value is -2.20. The van der Waals surface area contributed by atoms with Crippen LogP contribution in [0.1, 0.15) is 25.7 Å². The topological polar surface area (TPSA) is 8.72 Å². The Morgan fingerprint density at radius 3 is 2.82 bits per heavy atom. The quantitative estimate of drug-likeness (QED) is 0.298. The van der Waals surface area contributed by atoms with Gasteiger partial charge in [-0.25, -0.2) is 22.8 Å². The van der Waals surface area contributed by atoms with E-state index in [9.17, 15) is 0 Å². The van der Waals surface area contributed by atoms with E-state index >= 15 is 0 Å². The minimum Gasteiger partial charge on any atom is -0.225 e. The molecule has 0 spiro atoms. The van der Waals surface area contributed by atoms with Gasteiger partial charge in [0, 0.05) is 5.92 Å². The average Bonchev–Trinajstić information content (AvgIpc) is 2.37. The summed E-state index contributed by atoms with van der Waals surface area (Å²) in [6.45, 7) is 18.2. The predicted octanol–water partition coefficient (Wildman–Crippen LogP) is 3.61. The highest BCUT2D eigenvalue weighted by molar-refractivity contribution is 5.37. The number of terminal acetylenes is 1. The first kappa shape index (κ1) is 12.9. The van der Waals surface area contributed by atoms with Gasteiger partial charge >= 0.3 is 5.66 Å². The Labute approximate surface area is 103 Å². The van der Waals surface area contributed by atoms with Gasteiger partial charge in [-0.3, -0.25) is 0 Å². The fourth-order valence-electron chi connectivity index (χ4n) is 2.16. The molecule has 0 amide bonds. The largest absolute Gasteiger partial charge is 0.517 e. The SMILES string of the molecule is [C-]#[N+]C(CC#C)([N+]#[C-])C1=CCCCC1C=C=C. The molecule has 2 heteroatoms. The van der Waals surface area contributed by atoms with E-state index in [1.54, 1.807) is 0 Å². The third kappa shape index (κ3) is 2.49. The summed E-state index contributed by atoms with van der Waals surface area (Å²) in [6.07, 6.45) is 12.2. The third-order valence-corrected chi connectivity index (χ3v) is 2.98. The van der Waals surface area contributed by atoms with Gasteiger partial charge in [0.15, 0.2) is 6.42 Å². The number of hydrogen-bond acceptors (Lipinski definition) is 0. The summed E-state index contributed by atoms with van der Waals surface area (Å²) in [6, 6.07) is 0. The van der Waals surface area contributed by atoms with Crippen LogP contribution in [0.25, 0.3) is 9.69 Å². The lowest BCUT2D eigenvalue weighted by molar-refractivity contribution is 0.531. The van der Waals surface area contributed by atoms with Crippen molar-refractivity contribution in [1.82, 2.24) is 0 Å². The lowest BCUT2D eigenvalue weighted by Gasteiger charge is -2.21. The van der Waals surface area contributed by atoms with Crippen molar-refractivity contribution in [3.05, 3.63) is 52.9 Å². The van der Waals surface area contributed by atoms with Crippen LogP contribution in [0.2, 0.25) is 0 Å².